The highest BCUT2D eigenvalue weighted by Crippen LogP contribution is 2.33. The van der Waals surface area contributed by atoms with Gasteiger partial charge in [0.2, 0.25) is 0 Å². The van der Waals surface area contributed by atoms with Gasteiger partial charge < -0.3 is 0 Å². The molecule has 0 spiro atoms. The van der Waals surface area contributed by atoms with E-state index in [9.17, 15) is 4.39 Å². The van der Waals surface area contributed by atoms with Crippen LogP contribution >= 0.6 is 34.8 Å². The molecular formula is C10H4Cl3FN2. The molecule has 6 heteroatoms. The van der Waals surface area contributed by atoms with Gasteiger partial charge in [0.05, 0.1) is 0 Å². The predicted octanol–water partition coefficient (Wildman–Crippen LogP) is 4.24. The summed E-state index contributed by atoms with van der Waals surface area (Å²) in [5.74, 6) is -0.414. The topological polar surface area (TPSA) is 25.8 Å². The fourth-order valence-electron chi connectivity index (χ4n) is 1.25. The van der Waals surface area contributed by atoms with Crippen LogP contribution in [0.3, 0.4) is 0 Å². The van der Waals surface area contributed by atoms with Gasteiger partial charge >= 0.3 is 0 Å². The molecule has 2 rings (SSSR count). The molecule has 0 N–H and O–H groups in total. The molecule has 0 saturated heterocycles. The molecule has 0 unspecified atom stereocenters. The Labute approximate surface area is 106 Å². The van der Waals surface area contributed by atoms with Crippen LogP contribution in [-0.4, -0.2) is 10.2 Å². The minimum Gasteiger partial charge on any atom is -0.207 e. The third-order valence-electron chi connectivity index (χ3n) is 1.94. The summed E-state index contributed by atoms with van der Waals surface area (Å²) in [5, 5.41) is 7.85. The van der Waals surface area contributed by atoms with Crippen molar-refractivity contribution in [2.45, 2.75) is 0 Å². The van der Waals surface area contributed by atoms with Crippen LogP contribution in [-0.2, 0) is 0 Å². The normalized spacial score (nSPS) is 10.5. The van der Waals surface area contributed by atoms with Gasteiger partial charge in [-0.25, -0.2) is 4.39 Å². The van der Waals surface area contributed by atoms with E-state index in [-0.39, 0.29) is 10.3 Å². The number of rotatable bonds is 1. The van der Waals surface area contributed by atoms with Crippen molar-refractivity contribution in [3.63, 3.8) is 0 Å². The third kappa shape index (κ3) is 2.26. The lowest BCUT2D eigenvalue weighted by atomic mass is 10.1. The zero-order valence-corrected chi connectivity index (χ0v) is 9.98. The van der Waals surface area contributed by atoms with Crippen molar-refractivity contribution >= 4 is 34.8 Å². The Morgan fingerprint density at radius 1 is 0.938 bits per heavy atom. The second-order valence-electron chi connectivity index (χ2n) is 3.00. The van der Waals surface area contributed by atoms with E-state index < -0.39 is 5.82 Å². The standard InChI is InChI=1S/C10H4Cl3FN2/c11-8-2-1-5(14)3-6(8)7-4-9(12)15-16-10(7)13/h1-4H. The molecule has 82 valence electrons. The average Bonchev–Trinajstić information content (AvgIpc) is 2.25. The number of hydrogen-bond acceptors (Lipinski definition) is 2. The molecule has 2 nitrogen and oxygen atoms in total. The summed E-state index contributed by atoms with van der Waals surface area (Å²) in [4.78, 5) is 0. The Morgan fingerprint density at radius 2 is 1.69 bits per heavy atom. The van der Waals surface area contributed by atoms with Crippen molar-refractivity contribution in [3.05, 3.63) is 45.4 Å². The molecule has 0 aliphatic heterocycles. The highest BCUT2D eigenvalue weighted by Gasteiger charge is 2.11. The number of halogens is 4. The molecule has 0 bridgehead atoms. The molecule has 0 saturated carbocycles. The smallest absolute Gasteiger partial charge is 0.159 e. The van der Waals surface area contributed by atoms with Gasteiger partial charge in [-0.2, -0.15) is 0 Å². The Balaban J connectivity index is 2.66. The van der Waals surface area contributed by atoms with E-state index in [2.05, 4.69) is 10.2 Å². The van der Waals surface area contributed by atoms with Crippen molar-refractivity contribution in [2.24, 2.45) is 0 Å². The first-order valence-electron chi connectivity index (χ1n) is 4.22. The van der Waals surface area contributed by atoms with Gasteiger partial charge in [0, 0.05) is 16.1 Å². The summed E-state index contributed by atoms with van der Waals surface area (Å²) in [6.45, 7) is 0. The summed E-state index contributed by atoms with van der Waals surface area (Å²) in [6.07, 6.45) is 0. The molecule has 0 aliphatic rings. The van der Waals surface area contributed by atoms with Gasteiger partial charge in [-0.05, 0) is 24.3 Å². The quantitative estimate of drug-likeness (QED) is 0.779. The van der Waals surface area contributed by atoms with Crippen LogP contribution in [0, 0.1) is 5.82 Å². The van der Waals surface area contributed by atoms with Crippen LogP contribution in [0.25, 0.3) is 11.1 Å². The molecule has 0 fully saturated rings. The maximum Gasteiger partial charge on any atom is 0.159 e. The van der Waals surface area contributed by atoms with E-state index >= 15 is 0 Å². The van der Waals surface area contributed by atoms with Gasteiger partial charge in [0.25, 0.3) is 0 Å². The second-order valence-corrected chi connectivity index (χ2v) is 4.15. The monoisotopic (exact) mass is 276 g/mol. The number of hydrogen-bond donors (Lipinski definition) is 0. The molecule has 0 radical (unpaired) electrons. The first-order valence-corrected chi connectivity index (χ1v) is 5.35. The second kappa shape index (κ2) is 4.53. The van der Waals surface area contributed by atoms with Crippen LogP contribution in [0.2, 0.25) is 15.3 Å². The van der Waals surface area contributed by atoms with Crippen molar-refractivity contribution in [3.8, 4) is 11.1 Å². The van der Waals surface area contributed by atoms with Gasteiger partial charge in [-0.1, -0.05) is 34.8 Å². The third-order valence-corrected chi connectivity index (χ3v) is 2.73. The van der Waals surface area contributed by atoms with Crippen molar-refractivity contribution < 1.29 is 4.39 Å². The van der Waals surface area contributed by atoms with Crippen LogP contribution < -0.4 is 0 Å². The predicted molar refractivity (Wildman–Crippen MR) is 62.5 cm³/mol. The Bertz CT molecular complexity index is 496. The molecule has 0 atom stereocenters. The molecule has 0 amide bonds. The SMILES string of the molecule is Fc1ccc(Cl)c(-c2cc(Cl)nnc2Cl)c1. The average molecular weight is 278 g/mol. The maximum absolute atomic E-state index is 13.1. The van der Waals surface area contributed by atoms with Crippen LogP contribution in [0.5, 0.6) is 0 Å². The largest absolute Gasteiger partial charge is 0.207 e. The first kappa shape index (κ1) is 11.6. The van der Waals surface area contributed by atoms with Crippen LogP contribution in [0.1, 0.15) is 0 Å². The fraction of sp³-hybridized carbons (Fsp3) is 0. The number of nitrogens with zero attached hydrogens (tertiary/aromatic N) is 2. The van der Waals surface area contributed by atoms with E-state index in [1.54, 1.807) is 0 Å². The molecule has 1 aromatic heterocycles. The lowest BCUT2D eigenvalue weighted by Gasteiger charge is -2.05. The van der Waals surface area contributed by atoms with Gasteiger partial charge in [0.1, 0.15) is 5.82 Å². The summed E-state index contributed by atoms with van der Waals surface area (Å²) in [7, 11) is 0. The molecule has 0 aliphatic carbocycles. The molecule has 1 heterocycles. The molecule has 1 aromatic carbocycles. The summed E-state index contributed by atoms with van der Waals surface area (Å²) in [5.41, 5.74) is 0.884. The Kier molecular flexibility index (Phi) is 3.28. The number of benzene rings is 1. The van der Waals surface area contributed by atoms with Gasteiger partial charge in [0.15, 0.2) is 10.3 Å². The van der Waals surface area contributed by atoms with Crippen molar-refractivity contribution in [2.75, 3.05) is 0 Å². The van der Waals surface area contributed by atoms with E-state index in [1.165, 1.54) is 24.3 Å². The van der Waals surface area contributed by atoms with Gasteiger partial charge in [-0.15, -0.1) is 10.2 Å². The van der Waals surface area contributed by atoms with Gasteiger partial charge in [-0.3, -0.25) is 0 Å². The zero-order valence-electron chi connectivity index (χ0n) is 7.72. The summed E-state index contributed by atoms with van der Waals surface area (Å²) < 4.78 is 13.1. The molecule has 2 aromatic rings. The molecule has 16 heavy (non-hydrogen) atoms. The first-order chi connectivity index (χ1) is 7.58. The highest BCUT2D eigenvalue weighted by molar-refractivity contribution is 6.36. The van der Waals surface area contributed by atoms with E-state index in [1.807, 2.05) is 0 Å². The zero-order chi connectivity index (χ0) is 11.7. The maximum atomic E-state index is 13.1. The summed E-state index contributed by atoms with van der Waals surface area (Å²) in [6, 6.07) is 5.45. The van der Waals surface area contributed by atoms with Crippen molar-refractivity contribution in [1.82, 2.24) is 10.2 Å². The lowest BCUT2D eigenvalue weighted by Crippen LogP contribution is -1.89. The van der Waals surface area contributed by atoms with Crippen LogP contribution in [0.15, 0.2) is 24.3 Å². The molecular weight excluding hydrogens is 273 g/mol. The lowest BCUT2D eigenvalue weighted by molar-refractivity contribution is 0.628. The van der Waals surface area contributed by atoms with E-state index in [4.69, 9.17) is 34.8 Å². The number of aromatic nitrogens is 2. The van der Waals surface area contributed by atoms with Crippen LogP contribution in [0.4, 0.5) is 4.39 Å². The highest BCUT2D eigenvalue weighted by atomic mass is 35.5. The minimum atomic E-state index is -0.414. The Hall–Kier alpha value is -0.900. The van der Waals surface area contributed by atoms with E-state index in [0.29, 0.717) is 16.1 Å². The van der Waals surface area contributed by atoms with E-state index in [0.717, 1.165) is 0 Å². The summed E-state index contributed by atoms with van der Waals surface area (Å²) >= 11 is 17.5. The van der Waals surface area contributed by atoms with Crippen molar-refractivity contribution in [1.29, 1.82) is 0 Å². The Morgan fingerprint density at radius 3 is 2.44 bits per heavy atom. The minimum absolute atomic E-state index is 0.122. The fourth-order valence-corrected chi connectivity index (χ4v) is 1.81.